The summed E-state index contributed by atoms with van der Waals surface area (Å²) in [6.45, 7) is 8.53. The number of anilines is 1. The number of benzene rings is 2. The second-order valence-corrected chi connectivity index (χ2v) is 8.20. The summed E-state index contributed by atoms with van der Waals surface area (Å²) in [5.41, 5.74) is 4.29. The Kier molecular flexibility index (Phi) is 7.16. The summed E-state index contributed by atoms with van der Waals surface area (Å²) in [6.07, 6.45) is -0.0817. The zero-order chi connectivity index (χ0) is 20.5. The van der Waals surface area contributed by atoms with E-state index in [1.807, 2.05) is 0 Å². The fourth-order valence-electron chi connectivity index (χ4n) is 3.69. The molecule has 1 atom stereocenters. The van der Waals surface area contributed by atoms with Gasteiger partial charge in [0.25, 0.3) is 5.91 Å². The number of hydrogen-bond acceptors (Lipinski definition) is 5. The van der Waals surface area contributed by atoms with Gasteiger partial charge in [0, 0.05) is 23.7 Å². The highest BCUT2D eigenvalue weighted by Gasteiger charge is 2.26. The summed E-state index contributed by atoms with van der Waals surface area (Å²) in [7, 11) is 0. The Morgan fingerprint density at radius 1 is 1.17 bits per heavy atom. The number of phenols is 1. The van der Waals surface area contributed by atoms with Crippen molar-refractivity contribution in [2.75, 3.05) is 18.5 Å². The third-order valence-electron chi connectivity index (χ3n) is 4.78. The van der Waals surface area contributed by atoms with Crippen LogP contribution in [0, 0.1) is 13.8 Å². The van der Waals surface area contributed by atoms with Gasteiger partial charge < -0.3 is 25.6 Å². The van der Waals surface area contributed by atoms with Crippen molar-refractivity contribution in [2.45, 2.75) is 45.8 Å². The number of carbonyl (C=O) groups is 1. The lowest BCUT2D eigenvalue weighted by atomic mass is 9.92. The molecule has 0 aliphatic carbocycles. The van der Waals surface area contributed by atoms with Crippen LogP contribution in [0.25, 0.3) is 0 Å². The van der Waals surface area contributed by atoms with Crippen molar-refractivity contribution in [3.63, 3.8) is 0 Å². The molecular formula is C22H29ClN2O4. The molecule has 0 bridgehead atoms. The van der Waals surface area contributed by atoms with Gasteiger partial charge in [0.1, 0.15) is 11.5 Å². The van der Waals surface area contributed by atoms with E-state index in [-0.39, 0.29) is 42.8 Å². The standard InChI is InChI=1S/C22H28N2O4.ClH/c1-13-5-14(2)7-15(6-13)10-22(3,4)23-11-19(26)17-8-16(25)9-18-21(17)28-12-20(27)24-18;/h5-9,19,23,25-26H,10-12H2,1-4H3,(H,24,27);1H. The third kappa shape index (κ3) is 5.85. The van der Waals surface area contributed by atoms with Crippen LogP contribution in [0.5, 0.6) is 11.5 Å². The van der Waals surface area contributed by atoms with Crippen LogP contribution >= 0.6 is 12.4 Å². The van der Waals surface area contributed by atoms with Gasteiger partial charge in [-0.3, -0.25) is 4.79 Å². The van der Waals surface area contributed by atoms with Gasteiger partial charge in [-0.15, -0.1) is 12.4 Å². The van der Waals surface area contributed by atoms with E-state index in [4.69, 9.17) is 4.74 Å². The molecule has 1 aliphatic heterocycles. The van der Waals surface area contributed by atoms with Crippen molar-refractivity contribution in [3.05, 3.63) is 52.6 Å². The van der Waals surface area contributed by atoms with Gasteiger partial charge >= 0.3 is 0 Å². The van der Waals surface area contributed by atoms with Crippen molar-refractivity contribution in [2.24, 2.45) is 0 Å². The highest BCUT2D eigenvalue weighted by molar-refractivity contribution is 5.96. The predicted molar refractivity (Wildman–Crippen MR) is 116 cm³/mol. The summed E-state index contributed by atoms with van der Waals surface area (Å²) in [4.78, 5) is 11.5. The van der Waals surface area contributed by atoms with Crippen molar-refractivity contribution in [3.8, 4) is 11.5 Å². The van der Waals surface area contributed by atoms with Gasteiger partial charge in [0.2, 0.25) is 0 Å². The monoisotopic (exact) mass is 420 g/mol. The number of β-amino-alcohol motifs (C(OH)–C–C–N with tert-alkyl or cyclic N) is 1. The molecule has 7 heteroatoms. The lowest BCUT2D eigenvalue weighted by Crippen LogP contribution is -2.43. The fraction of sp³-hybridized carbons (Fsp3) is 0.409. The Morgan fingerprint density at radius 2 is 1.83 bits per heavy atom. The van der Waals surface area contributed by atoms with Crippen LogP contribution in [-0.4, -0.2) is 34.8 Å². The Hall–Kier alpha value is -2.28. The Bertz CT molecular complexity index is 878. The molecule has 3 rings (SSSR count). The first kappa shape index (κ1) is 23.0. The van der Waals surface area contributed by atoms with E-state index < -0.39 is 6.10 Å². The molecule has 0 radical (unpaired) electrons. The lowest BCUT2D eigenvalue weighted by molar-refractivity contribution is -0.118. The minimum Gasteiger partial charge on any atom is -0.508 e. The first-order chi connectivity index (χ1) is 13.1. The van der Waals surface area contributed by atoms with Crippen LogP contribution in [0.15, 0.2) is 30.3 Å². The smallest absolute Gasteiger partial charge is 0.262 e. The van der Waals surface area contributed by atoms with E-state index >= 15 is 0 Å². The molecule has 0 saturated carbocycles. The first-order valence-corrected chi connectivity index (χ1v) is 9.43. The van der Waals surface area contributed by atoms with E-state index in [1.165, 1.54) is 28.8 Å². The van der Waals surface area contributed by atoms with E-state index in [0.717, 1.165) is 6.42 Å². The SMILES string of the molecule is Cc1cc(C)cc(CC(C)(C)NCC(O)c2cc(O)cc3c2OCC(=O)N3)c1.Cl. The highest BCUT2D eigenvalue weighted by Crippen LogP contribution is 2.38. The summed E-state index contributed by atoms with van der Waals surface area (Å²) >= 11 is 0. The topological polar surface area (TPSA) is 90.8 Å². The second-order valence-electron chi connectivity index (χ2n) is 8.20. The molecular weight excluding hydrogens is 392 g/mol. The molecule has 2 aromatic rings. The molecule has 0 spiro atoms. The van der Waals surface area contributed by atoms with Crippen LogP contribution in [0.3, 0.4) is 0 Å². The van der Waals surface area contributed by atoms with Crippen molar-refractivity contribution in [1.82, 2.24) is 5.32 Å². The van der Waals surface area contributed by atoms with Gasteiger partial charge in [0.15, 0.2) is 6.61 Å². The number of aliphatic hydroxyl groups excluding tert-OH is 1. The molecule has 2 aromatic carbocycles. The molecule has 1 unspecified atom stereocenters. The fourth-order valence-corrected chi connectivity index (χ4v) is 3.69. The number of amides is 1. The predicted octanol–water partition coefficient (Wildman–Crippen LogP) is 3.41. The quantitative estimate of drug-likeness (QED) is 0.575. The van der Waals surface area contributed by atoms with Crippen LogP contribution < -0.4 is 15.4 Å². The maximum Gasteiger partial charge on any atom is 0.262 e. The Balaban J connectivity index is 0.00000300. The normalized spacial score (nSPS) is 14.3. The number of hydrogen-bond donors (Lipinski definition) is 4. The molecule has 1 heterocycles. The summed E-state index contributed by atoms with van der Waals surface area (Å²) in [6, 6.07) is 9.39. The number of rotatable bonds is 6. The zero-order valence-corrected chi connectivity index (χ0v) is 18.0. The number of ether oxygens (including phenoxy) is 1. The lowest BCUT2D eigenvalue weighted by Gasteiger charge is -2.29. The number of aryl methyl sites for hydroxylation is 2. The van der Waals surface area contributed by atoms with Crippen LogP contribution in [0.1, 0.15) is 42.2 Å². The number of nitrogens with one attached hydrogen (secondary N) is 2. The van der Waals surface area contributed by atoms with Gasteiger partial charge in [-0.2, -0.15) is 0 Å². The summed E-state index contributed by atoms with van der Waals surface area (Å²) in [5.74, 6) is 0.0816. The van der Waals surface area contributed by atoms with Crippen molar-refractivity contribution >= 4 is 24.0 Å². The molecule has 1 aliphatic rings. The van der Waals surface area contributed by atoms with E-state index in [9.17, 15) is 15.0 Å². The first-order valence-electron chi connectivity index (χ1n) is 9.43. The maximum atomic E-state index is 11.5. The van der Waals surface area contributed by atoms with Crippen LogP contribution in [0.4, 0.5) is 5.69 Å². The number of halogens is 1. The number of aliphatic hydroxyl groups is 1. The van der Waals surface area contributed by atoms with Crippen molar-refractivity contribution < 1.29 is 19.7 Å². The molecule has 29 heavy (non-hydrogen) atoms. The number of aromatic hydroxyl groups is 1. The molecule has 0 aromatic heterocycles. The number of carbonyl (C=O) groups excluding carboxylic acids is 1. The Labute approximate surface area is 177 Å². The number of fused-ring (bicyclic) bond motifs is 1. The maximum absolute atomic E-state index is 11.5. The molecule has 6 nitrogen and oxygen atoms in total. The van der Waals surface area contributed by atoms with Gasteiger partial charge in [-0.1, -0.05) is 29.3 Å². The summed E-state index contributed by atoms with van der Waals surface area (Å²) in [5, 5.41) is 26.7. The minimum absolute atomic E-state index is 0. The second kappa shape index (κ2) is 9.03. The van der Waals surface area contributed by atoms with E-state index in [2.05, 4.69) is 56.5 Å². The molecule has 0 fully saturated rings. The van der Waals surface area contributed by atoms with Crippen LogP contribution in [0.2, 0.25) is 0 Å². The molecule has 0 saturated heterocycles. The molecule has 1 amide bonds. The van der Waals surface area contributed by atoms with Crippen molar-refractivity contribution in [1.29, 1.82) is 0 Å². The Morgan fingerprint density at radius 3 is 2.48 bits per heavy atom. The summed E-state index contributed by atoms with van der Waals surface area (Å²) < 4.78 is 5.49. The van der Waals surface area contributed by atoms with Crippen LogP contribution in [-0.2, 0) is 11.2 Å². The van der Waals surface area contributed by atoms with Gasteiger partial charge in [0.05, 0.1) is 11.8 Å². The average Bonchev–Trinajstić information content (AvgIpc) is 2.57. The average molecular weight is 421 g/mol. The highest BCUT2D eigenvalue weighted by atomic mass is 35.5. The largest absolute Gasteiger partial charge is 0.508 e. The van der Waals surface area contributed by atoms with Gasteiger partial charge in [-0.05, 0) is 45.7 Å². The minimum atomic E-state index is -0.894. The van der Waals surface area contributed by atoms with Gasteiger partial charge in [-0.25, -0.2) is 0 Å². The third-order valence-corrected chi connectivity index (χ3v) is 4.78. The van der Waals surface area contributed by atoms with E-state index in [1.54, 1.807) is 0 Å². The zero-order valence-electron chi connectivity index (χ0n) is 17.2. The van der Waals surface area contributed by atoms with E-state index in [0.29, 0.717) is 17.0 Å². The molecule has 4 N–H and O–H groups in total. The number of phenolic OH excluding ortho intramolecular Hbond substituents is 1. The molecule has 158 valence electrons.